The summed E-state index contributed by atoms with van der Waals surface area (Å²) >= 11 is 6.38. The smallest absolute Gasteiger partial charge is 0.306 e. The van der Waals surface area contributed by atoms with Crippen molar-refractivity contribution in [2.75, 3.05) is 6.61 Å². The van der Waals surface area contributed by atoms with Gasteiger partial charge < -0.3 is 4.74 Å². The number of nitrogens with zero attached hydrogens (tertiary/aromatic N) is 3. The molecule has 0 aliphatic carbocycles. The minimum Gasteiger partial charge on any atom is -0.466 e. The van der Waals surface area contributed by atoms with E-state index < -0.39 is 5.92 Å². The maximum Gasteiger partial charge on any atom is 0.306 e. The Morgan fingerprint density at radius 3 is 2.92 bits per heavy atom. The van der Waals surface area contributed by atoms with Crippen LogP contribution in [0.2, 0.25) is 5.02 Å². The van der Waals surface area contributed by atoms with Crippen molar-refractivity contribution in [1.82, 2.24) is 10.2 Å². The van der Waals surface area contributed by atoms with Gasteiger partial charge in [-0.3, -0.25) is 9.89 Å². The van der Waals surface area contributed by atoms with Crippen LogP contribution in [0.25, 0.3) is 0 Å². The number of fused-ring (bicyclic) bond motifs is 1. The standard InChI is InChI=1S/C18H17ClN4O2/c1-2-25-16(24)8-7-15-12(9-20)17(11-5-3-4-6-14(11)19)13-10-21-23-18(13)22-15/h3-6,10,12,17H,2,7-8H2,1H3,(H,21,23). The molecule has 0 spiro atoms. The largest absolute Gasteiger partial charge is 0.466 e. The van der Waals surface area contributed by atoms with Crippen molar-refractivity contribution in [3.63, 3.8) is 0 Å². The normalized spacial score (nSPS) is 18.8. The summed E-state index contributed by atoms with van der Waals surface area (Å²) in [5, 5.41) is 17.3. The number of aromatic nitrogens is 2. The summed E-state index contributed by atoms with van der Waals surface area (Å²) in [7, 11) is 0. The average molecular weight is 357 g/mol. The number of aromatic amines is 1. The van der Waals surface area contributed by atoms with E-state index in [1.165, 1.54) is 0 Å². The van der Waals surface area contributed by atoms with E-state index in [4.69, 9.17) is 16.3 Å². The lowest BCUT2D eigenvalue weighted by atomic mass is 9.77. The lowest BCUT2D eigenvalue weighted by Crippen LogP contribution is -2.26. The van der Waals surface area contributed by atoms with Crippen LogP contribution in [0.4, 0.5) is 5.82 Å². The van der Waals surface area contributed by atoms with Gasteiger partial charge in [0.05, 0.1) is 31.2 Å². The molecule has 3 rings (SSSR count). The zero-order valence-corrected chi connectivity index (χ0v) is 14.5. The van der Waals surface area contributed by atoms with E-state index in [0.717, 1.165) is 11.1 Å². The summed E-state index contributed by atoms with van der Waals surface area (Å²) < 4.78 is 4.97. The van der Waals surface area contributed by atoms with Gasteiger partial charge in [0.2, 0.25) is 0 Å². The van der Waals surface area contributed by atoms with E-state index in [2.05, 4.69) is 21.3 Å². The lowest BCUT2D eigenvalue weighted by Gasteiger charge is -2.27. The first-order valence-corrected chi connectivity index (χ1v) is 8.43. The minimum absolute atomic E-state index is 0.184. The van der Waals surface area contributed by atoms with E-state index >= 15 is 0 Å². The summed E-state index contributed by atoms with van der Waals surface area (Å²) in [6, 6.07) is 9.78. The molecule has 2 aromatic rings. The summed E-state index contributed by atoms with van der Waals surface area (Å²) in [5.41, 5.74) is 2.32. The van der Waals surface area contributed by atoms with Crippen molar-refractivity contribution in [1.29, 1.82) is 5.26 Å². The Kier molecular flexibility index (Phi) is 5.15. The van der Waals surface area contributed by atoms with Crippen molar-refractivity contribution in [2.45, 2.75) is 25.7 Å². The Morgan fingerprint density at radius 1 is 1.40 bits per heavy atom. The van der Waals surface area contributed by atoms with Crippen LogP contribution in [-0.4, -0.2) is 28.5 Å². The van der Waals surface area contributed by atoms with Gasteiger partial charge in [-0.2, -0.15) is 10.4 Å². The second-order valence-corrected chi connectivity index (χ2v) is 6.10. The SMILES string of the molecule is CCOC(=O)CCC1=Nc2[nH]ncc2C(c2ccccc2Cl)C1C#N. The molecule has 0 radical (unpaired) electrons. The van der Waals surface area contributed by atoms with Gasteiger partial charge in [0, 0.05) is 22.2 Å². The number of hydrogen-bond donors (Lipinski definition) is 1. The van der Waals surface area contributed by atoms with Crippen molar-refractivity contribution < 1.29 is 9.53 Å². The van der Waals surface area contributed by atoms with Gasteiger partial charge in [-0.15, -0.1) is 0 Å². The molecule has 2 atom stereocenters. The van der Waals surface area contributed by atoms with E-state index in [9.17, 15) is 10.1 Å². The molecule has 25 heavy (non-hydrogen) atoms. The van der Waals surface area contributed by atoms with Gasteiger partial charge in [0.25, 0.3) is 0 Å². The number of esters is 1. The van der Waals surface area contributed by atoms with Crippen LogP contribution in [0.1, 0.15) is 36.8 Å². The van der Waals surface area contributed by atoms with Crippen molar-refractivity contribution >= 4 is 29.1 Å². The fourth-order valence-electron chi connectivity index (χ4n) is 3.09. The van der Waals surface area contributed by atoms with Gasteiger partial charge in [-0.1, -0.05) is 29.8 Å². The number of rotatable bonds is 5. The highest BCUT2D eigenvalue weighted by Crippen LogP contribution is 2.43. The molecular weight excluding hydrogens is 340 g/mol. The van der Waals surface area contributed by atoms with Crippen molar-refractivity contribution in [3.05, 3.63) is 46.6 Å². The third-order valence-corrected chi connectivity index (χ3v) is 4.54. The number of ether oxygens (including phenoxy) is 1. The first-order valence-electron chi connectivity index (χ1n) is 8.06. The van der Waals surface area contributed by atoms with Crippen LogP contribution < -0.4 is 0 Å². The molecule has 1 N–H and O–H groups in total. The van der Waals surface area contributed by atoms with E-state index in [1.54, 1.807) is 19.2 Å². The van der Waals surface area contributed by atoms with Crippen LogP contribution in [0.3, 0.4) is 0 Å². The zero-order valence-electron chi connectivity index (χ0n) is 13.7. The molecule has 0 saturated heterocycles. The molecular formula is C18H17ClN4O2. The highest BCUT2D eigenvalue weighted by atomic mass is 35.5. The summed E-state index contributed by atoms with van der Waals surface area (Å²) in [6.07, 6.45) is 2.22. The fourth-order valence-corrected chi connectivity index (χ4v) is 3.34. The lowest BCUT2D eigenvalue weighted by molar-refractivity contribution is -0.142. The fraction of sp³-hybridized carbons (Fsp3) is 0.333. The van der Waals surface area contributed by atoms with E-state index in [0.29, 0.717) is 29.6 Å². The highest BCUT2D eigenvalue weighted by molar-refractivity contribution is 6.31. The Balaban J connectivity index is 1.97. The second-order valence-electron chi connectivity index (χ2n) is 5.69. The third-order valence-electron chi connectivity index (χ3n) is 4.20. The molecule has 1 aliphatic rings. The summed E-state index contributed by atoms with van der Waals surface area (Å²) in [6.45, 7) is 2.10. The van der Waals surface area contributed by atoms with Gasteiger partial charge in [0.15, 0.2) is 5.82 Å². The molecule has 0 bridgehead atoms. The molecule has 0 amide bonds. The first kappa shape index (κ1) is 17.2. The van der Waals surface area contributed by atoms with E-state index in [-0.39, 0.29) is 18.3 Å². The predicted octanol–water partition coefficient (Wildman–Crippen LogP) is 3.76. The molecule has 1 aliphatic heterocycles. The molecule has 1 aromatic heterocycles. The first-order chi connectivity index (χ1) is 12.2. The Bertz CT molecular complexity index is 853. The Labute approximate surface area is 150 Å². The maximum absolute atomic E-state index is 11.7. The molecule has 7 heteroatoms. The number of carbonyl (C=O) groups excluding carboxylic acids is 1. The second kappa shape index (κ2) is 7.49. The van der Waals surface area contributed by atoms with Crippen LogP contribution in [0, 0.1) is 17.2 Å². The topological polar surface area (TPSA) is 91.1 Å². The highest BCUT2D eigenvalue weighted by Gasteiger charge is 2.36. The maximum atomic E-state index is 11.7. The Morgan fingerprint density at radius 2 is 2.20 bits per heavy atom. The van der Waals surface area contributed by atoms with Crippen LogP contribution >= 0.6 is 11.6 Å². The molecule has 2 heterocycles. The van der Waals surface area contributed by atoms with Crippen LogP contribution in [0.5, 0.6) is 0 Å². The molecule has 0 fully saturated rings. The van der Waals surface area contributed by atoms with Crippen molar-refractivity contribution in [2.24, 2.45) is 10.9 Å². The number of nitriles is 1. The predicted molar refractivity (Wildman–Crippen MR) is 93.9 cm³/mol. The third kappa shape index (κ3) is 3.42. The molecule has 1 aromatic carbocycles. The number of carbonyl (C=O) groups is 1. The number of H-pyrrole nitrogens is 1. The van der Waals surface area contributed by atoms with Gasteiger partial charge >= 0.3 is 5.97 Å². The van der Waals surface area contributed by atoms with Crippen LogP contribution in [0.15, 0.2) is 35.5 Å². The molecule has 0 saturated carbocycles. The summed E-state index contributed by atoms with van der Waals surface area (Å²) in [5.74, 6) is -0.483. The number of hydrogen-bond acceptors (Lipinski definition) is 5. The molecule has 128 valence electrons. The monoisotopic (exact) mass is 356 g/mol. The number of nitrogens with one attached hydrogen (secondary N) is 1. The molecule has 2 unspecified atom stereocenters. The van der Waals surface area contributed by atoms with Gasteiger partial charge in [-0.05, 0) is 25.0 Å². The Hall–Kier alpha value is -2.65. The molecule has 6 nitrogen and oxygen atoms in total. The minimum atomic E-state index is -0.514. The number of aliphatic imine (C=N–C) groups is 1. The quantitative estimate of drug-likeness (QED) is 0.825. The zero-order chi connectivity index (χ0) is 17.8. The number of benzene rings is 1. The summed E-state index contributed by atoms with van der Waals surface area (Å²) in [4.78, 5) is 16.2. The van der Waals surface area contributed by atoms with Crippen molar-refractivity contribution in [3.8, 4) is 6.07 Å². The van der Waals surface area contributed by atoms with Crippen LogP contribution in [-0.2, 0) is 9.53 Å². The average Bonchev–Trinajstić information content (AvgIpc) is 3.07. The van der Waals surface area contributed by atoms with E-state index in [1.807, 2.05) is 18.2 Å². The van der Waals surface area contributed by atoms with Gasteiger partial charge in [0.1, 0.15) is 0 Å². The number of halogens is 1. The van der Waals surface area contributed by atoms with Gasteiger partial charge in [-0.25, -0.2) is 4.99 Å².